The van der Waals surface area contributed by atoms with Gasteiger partial charge >= 0.3 is 6.09 Å². The first-order chi connectivity index (χ1) is 8.96. The highest BCUT2D eigenvalue weighted by atomic mass is 16.6. The summed E-state index contributed by atoms with van der Waals surface area (Å²) in [5.74, 6) is 0.621. The van der Waals surface area contributed by atoms with Gasteiger partial charge in [0.15, 0.2) is 0 Å². The van der Waals surface area contributed by atoms with Gasteiger partial charge in [0.25, 0.3) is 0 Å². The molecule has 0 aromatic rings. The summed E-state index contributed by atoms with van der Waals surface area (Å²) in [6, 6.07) is 0. The minimum Gasteiger partial charge on any atom is -0.444 e. The van der Waals surface area contributed by atoms with Gasteiger partial charge in [-0.1, -0.05) is 18.2 Å². The number of amides is 1. The molecule has 0 bridgehead atoms. The van der Waals surface area contributed by atoms with E-state index in [1.807, 2.05) is 25.7 Å². The SMILES string of the molecule is CC(C)(C)OC(=O)N1CCC(C2=CCCC=C2)CC1. The second-order valence-corrected chi connectivity index (χ2v) is 6.43. The topological polar surface area (TPSA) is 29.5 Å². The highest BCUT2D eigenvalue weighted by Crippen LogP contribution is 2.28. The summed E-state index contributed by atoms with van der Waals surface area (Å²) in [6.45, 7) is 7.36. The molecular formula is C16H25NO2. The van der Waals surface area contributed by atoms with E-state index in [9.17, 15) is 4.79 Å². The molecule has 19 heavy (non-hydrogen) atoms. The van der Waals surface area contributed by atoms with Gasteiger partial charge in [0.05, 0.1) is 0 Å². The number of carbonyl (C=O) groups is 1. The highest BCUT2D eigenvalue weighted by molar-refractivity contribution is 5.68. The maximum absolute atomic E-state index is 12.0. The van der Waals surface area contributed by atoms with E-state index in [0.29, 0.717) is 5.92 Å². The van der Waals surface area contributed by atoms with Gasteiger partial charge in [-0.2, -0.15) is 0 Å². The summed E-state index contributed by atoms with van der Waals surface area (Å²) >= 11 is 0. The lowest BCUT2D eigenvalue weighted by atomic mass is 9.86. The summed E-state index contributed by atoms with van der Waals surface area (Å²) in [4.78, 5) is 13.8. The largest absolute Gasteiger partial charge is 0.444 e. The Morgan fingerprint density at radius 2 is 1.95 bits per heavy atom. The van der Waals surface area contributed by atoms with Crippen molar-refractivity contribution in [3.63, 3.8) is 0 Å². The van der Waals surface area contributed by atoms with E-state index in [2.05, 4.69) is 18.2 Å². The molecule has 2 rings (SSSR count). The standard InChI is InChI=1S/C16H25NO2/c1-16(2,3)19-15(18)17-11-9-14(10-12-17)13-7-5-4-6-8-13/h5,7-8,14H,4,6,9-12H2,1-3H3. The van der Waals surface area contributed by atoms with Gasteiger partial charge in [-0.3, -0.25) is 0 Å². The number of likely N-dealkylation sites (tertiary alicyclic amines) is 1. The monoisotopic (exact) mass is 263 g/mol. The normalized spacial score (nSPS) is 21.2. The van der Waals surface area contributed by atoms with Crippen LogP contribution in [0.15, 0.2) is 23.8 Å². The second kappa shape index (κ2) is 5.81. The zero-order valence-electron chi connectivity index (χ0n) is 12.3. The molecule has 1 aliphatic heterocycles. The van der Waals surface area contributed by atoms with E-state index in [1.54, 1.807) is 0 Å². The number of carbonyl (C=O) groups excluding carboxylic acids is 1. The van der Waals surface area contributed by atoms with E-state index in [1.165, 1.54) is 12.0 Å². The van der Waals surface area contributed by atoms with Crippen molar-refractivity contribution in [1.82, 2.24) is 4.90 Å². The van der Waals surface area contributed by atoms with Gasteiger partial charge in [0, 0.05) is 13.1 Å². The second-order valence-electron chi connectivity index (χ2n) is 6.43. The average Bonchev–Trinajstić information content (AvgIpc) is 2.38. The summed E-state index contributed by atoms with van der Waals surface area (Å²) in [5.41, 5.74) is 1.07. The average molecular weight is 263 g/mol. The van der Waals surface area contributed by atoms with Gasteiger partial charge in [0.1, 0.15) is 5.60 Å². The third-order valence-electron chi connectivity index (χ3n) is 3.64. The Hall–Kier alpha value is -1.25. The number of piperidine rings is 1. The predicted octanol–water partition coefficient (Wildman–Crippen LogP) is 3.91. The fourth-order valence-corrected chi connectivity index (χ4v) is 2.66. The van der Waals surface area contributed by atoms with Crippen LogP contribution in [0.4, 0.5) is 4.79 Å². The Kier molecular flexibility index (Phi) is 4.33. The summed E-state index contributed by atoms with van der Waals surface area (Å²) in [5, 5.41) is 0. The Bertz CT molecular complexity index is 382. The molecular weight excluding hydrogens is 238 g/mol. The zero-order valence-corrected chi connectivity index (χ0v) is 12.3. The molecule has 0 saturated carbocycles. The lowest BCUT2D eigenvalue weighted by Gasteiger charge is -2.34. The summed E-state index contributed by atoms with van der Waals surface area (Å²) < 4.78 is 5.42. The lowest BCUT2D eigenvalue weighted by molar-refractivity contribution is 0.0195. The molecule has 0 radical (unpaired) electrons. The Morgan fingerprint density at radius 3 is 2.47 bits per heavy atom. The number of ether oxygens (including phenoxy) is 1. The minimum absolute atomic E-state index is 0.167. The number of hydrogen-bond donors (Lipinski definition) is 0. The van der Waals surface area contributed by atoms with Crippen LogP contribution >= 0.6 is 0 Å². The first kappa shape index (κ1) is 14.2. The van der Waals surface area contributed by atoms with Crippen molar-refractivity contribution in [2.24, 2.45) is 5.92 Å². The first-order valence-corrected chi connectivity index (χ1v) is 7.30. The Balaban J connectivity index is 1.84. The van der Waals surface area contributed by atoms with Crippen LogP contribution in [0, 0.1) is 5.92 Å². The number of nitrogens with zero attached hydrogens (tertiary/aromatic N) is 1. The molecule has 1 fully saturated rings. The Labute approximate surface area is 116 Å². The summed E-state index contributed by atoms with van der Waals surface area (Å²) in [6.07, 6.45) is 11.1. The molecule has 0 unspecified atom stereocenters. The van der Waals surface area contributed by atoms with E-state index >= 15 is 0 Å². The molecule has 1 amide bonds. The van der Waals surface area contributed by atoms with Crippen LogP contribution in [0.5, 0.6) is 0 Å². The van der Waals surface area contributed by atoms with Crippen LogP contribution in [0.3, 0.4) is 0 Å². The van der Waals surface area contributed by atoms with E-state index < -0.39 is 5.60 Å². The van der Waals surface area contributed by atoms with E-state index in [4.69, 9.17) is 4.74 Å². The van der Waals surface area contributed by atoms with Gasteiger partial charge < -0.3 is 9.64 Å². The van der Waals surface area contributed by atoms with Crippen molar-refractivity contribution in [1.29, 1.82) is 0 Å². The van der Waals surface area contributed by atoms with Crippen LogP contribution in [0.2, 0.25) is 0 Å². The van der Waals surface area contributed by atoms with E-state index in [0.717, 1.165) is 32.4 Å². The molecule has 106 valence electrons. The van der Waals surface area contributed by atoms with Crippen molar-refractivity contribution in [2.75, 3.05) is 13.1 Å². The molecule has 0 spiro atoms. The molecule has 3 nitrogen and oxygen atoms in total. The molecule has 0 N–H and O–H groups in total. The quantitative estimate of drug-likeness (QED) is 0.718. The Morgan fingerprint density at radius 1 is 1.26 bits per heavy atom. The van der Waals surface area contributed by atoms with Crippen LogP contribution < -0.4 is 0 Å². The van der Waals surface area contributed by atoms with Crippen molar-refractivity contribution in [3.8, 4) is 0 Å². The third-order valence-corrected chi connectivity index (χ3v) is 3.64. The van der Waals surface area contributed by atoms with Gasteiger partial charge in [-0.05, 0) is 57.9 Å². The number of allylic oxidation sites excluding steroid dienone is 4. The van der Waals surface area contributed by atoms with Crippen LogP contribution in [0.25, 0.3) is 0 Å². The van der Waals surface area contributed by atoms with Gasteiger partial charge in [0.2, 0.25) is 0 Å². The van der Waals surface area contributed by atoms with Crippen molar-refractivity contribution < 1.29 is 9.53 Å². The minimum atomic E-state index is -0.400. The van der Waals surface area contributed by atoms with Crippen molar-refractivity contribution >= 4 is 6.09 Å². The van der Waals surface area contributed by atoms with Gasteiger partial charge in [-0.15, -0.1) is 0 Å². The van der Waals surface area contributed by atoms with E-state index in [-0.39, 0.29) is 6.09 Å². The van der Waals surface area contributed by atoms with Crippen molar-refractivity contribution in [2.45, 2.75) is 52.1 Å². The molecule has 3 heteroatoms. The third kappa shape index (κ3) is 4.12. The number of hydrogen-bond acceptors (Lipinski definition) is 2. The van der Waals surface area contributed by atoms with Crippen LogP contribution in [-0.4, -0.2) is 29.7 Å². The summed E-state index contributed by atoms with van der Waals surface area (Å²) in [7, 11) is 0. The molecule has 0 aromatic heterocycles. The molecule has 1 aliphatic carbocycles. The molecule has 0 aromatic carbocycles. The first-order valence-electron chi connectivity index (χ1n) is 7.30. The molecule has 1 heterocycles. The smallest absolute Gasteiger partial charge is 0.410 e. The molecule has 0 atom stereocenters. The predicted molar refractivity (Wildman–Crippen MR) is 77.0 cm³/mol. The fourth-order valence-electron chi connectivity index (χ4n) is 2.66. The maximum Gasteiger partial charge on any atom is 0.410 e. The van der Waals surface area contributed by atoms with Gasteiger partial charge in [-0.25, -0.2) is 4.79 Å². The molecule has 2 aliphatic rings. The highest BCUT2D eigenvalue weighted by Gasteiger charge is 2.27. The van der Waals surface area contributed by atoms with Crippen LogP contribution in [0.1, 0.15) is 46.5 Å². The zero-order chi connectivity index (χ0) is 13.9. The van der Waals surface area contributed by atoms with Crippen molar-refractivity contribution in [3.05, 3.63) is 23.8 Å². The lowest BCUT2D eigenvalue weighted by Crippen LogP contribution is -2.41. The molecule has 1 saturated heterocycles. The maximum atomic E-state index is 12.0. The number of rotatable bonds is 1. The van der Waals surface area contributed by atoms with Crippen LogP contribution in [-0.2, 0) is 4.74 Å². The fraction of sp³-hybridized carbons (Fsp3) is 0.688.